The number of carbonyl (C=O) groups is 1. The van der Waals surface area contributed by atoms with Crippen molar-refractivity contribution in [3.05, 3.63) is 0 Å². The summed E-state index contributed by atoms with van der Waals surface area (Å²) in [4.78, 5) is 13.8. The molecule has 1 saturated heterocycles. The molecule has 0 aromatic heterocycles. The molecule has 1 amide bonds. The van der Waals surface area contributed by atoms with Gasteiger partial charge in [-0.25, -0.2) is 0 Å². The predicted octanol–water partition coefficient (Wildman–Crippen LogP) is 2.33. The third-order valence-electron chi connectivity index (χ3n) is 4.87. The molecule has 0 aromatic rings. The van der Waals surface area contributed by atoms with Gasteiger partial charge in [-0.2, -0.15) is 0 Å². The van der Waals surface area contributed by atoms with Gasteiger partial charge >= 0.3 is 0 Å². The SMILES string of the molecule is CCN(CC)C(=O)CNCC1CCC2(CCCCC2)O1. The van der Waals surface area contributed by atoms with Crippen LogP contribution in [0, 0.1) is 0 Å². The molecule has 20 heavy (non-hydrogen) atoms. The van der Waals surface area contributed by atoms with Gasteiger partial charge in [0.2, 0.25) is 5.91 Å². The lowest BCUT2D eigenvalue weighted by molar-refractivity contribution is -0.130. The number of hydrogen-bond acceptors (Lipinski definition) is 3. The fourth-order valence-corrected chi connectivity index (χ4v) is 3.63. The zero-order valence-corrected chi connectivity index (χ0v) is 13.1. The molecular weight excluding hydrogens is 252 g/mol. The van der Waals surface area contributed by atoms with E-state index in [1.165, 1.54) is 38.5 Å². The van der Waals surface area contributed by atoms with E-state index in [9.17, 15) is 4.79 Å². The van der Waals surface area contributed by atoms with E-state index in [0.717, 1.165) is 26.1 Å². The minimum atomic E-state index is 0.188. The van der Waals surface area contributed by atoms with Crippen molar-refractivity contribution in [3.63, 3.8) is 0 Å². The summed E-state index contributed by atoms with van der Waals surface area (Å²) in [6.07, 6.45) is 9.14. The average molecular weight is 282 g/mol. The van der Waals surface area contributed by atoms with E-state index in [4.69, 9.17) is 4.74 Å². The highest BCUT2D eigenvalue weighted by molar-refractivity contribution is 5.78. The van der Waals surface area contributed by atoms with Gasteiger partial charge in [0.05, 0.1) is 18.2 Å². The first-order valence-electron chi connectivity index (χ1n) is 8.35. The van der Waals surface area contributed by atoms with Crippen molar-refractivity contribution >= 4 is 5.91 Å². The Balaban J connectivity index is 1.67. The number of likely N-dealkylation sites (N-methyl/N-ethyl adjacent to an activating group) is 1. The Bertz CT molecular complexity index is 310. The summed E-state index contributed by atoms with van der Waals surface area (Å²) in [5.41, 5.74) is 0.188. The molecule has 0 radical (unpaired) electrons. The smallest absolute Gasteiger partial charge is 0.236 e. The van der Waals surface area contributed by atoms with Crippen molar-refractivity contribution in [2.75, 3.05) is 26.2 Å². The molecule has 2 aliphatic rings. The van der Waals surface area contributed by atoms with Gasteiger partial charge in [-0.1, -0.05) is 19.3 Å². The Labute approximate surface area is 123 Å². The van der Waals surface area contributed by atoms with Crippen LogP contribution in [0.5, 0.6) is 0 Å². The second kappa shape index (κ2) is 7.41. The minimum Gasteiger partial charge on any atom is -0.370 e. The number of carbonyl (C=O) groups excluding carboxylic acids is 1. The summed E-state index contributed by atoms with van der Waals surface area (Å²) in [7, 11) is 0. The quantitative estimate of drug-likeness (QED) is 0.813. The Morgan fingerprint density at radius 2 is 1.90 bits per heavy atom. The van der Waals surface area contributed by atoms with Crippen LogP contribution in [0.1, 0.15) is 58.8 Å². The Kier molecular flexibility index (Phi) is 5.85. The maximum absolute atomic E-state index is 11.9. The molecule has 1 aliphatic heterocycles. The number of nitrogens with one attached hydrogen (secondary N) is 1. The molecule has 1 unspecified atom stereocenters. The second-order valence-electron chi connectivity index (χ2n) is 6.22. The van der Waals surface area contributed by atoms with Crippen molar-refractivity contribution < 1.29 is 9.53 Å². The highest BCUT2D eigenvalue weighted by atomic mass is 16.5. The third-order valence-corrected chi connectivity index (χ3v) is 4.87. The van der Waals surface area contributed by atoms with Gasteiger partial charge in [0, 0.05) is 19.6 Å². The molecule has 0 aromatic carbocycles. The van der Waals surface area contributed by atoms with Gasteiger partial charge in [0.25, 0.3) is 0 Å². The fraction of sp³-hybridized carbons (Fsp3) is 0.938. The Morgan fingerprint density at radius 3 is 2.55 bits per heavy atom. The van der Waals surface area contributed by atoms with Gasteiger partial charge in [0.15, 0.2) is 0 Å². The molecule has 2 fully saturated rings. The summed E-state index contributed by atoms with van der Waals surface area (Å²) < 4.78 is 6.30. The van der Waals surface area contributed by atoms with Crippen LogP contribution in [0.4, 0.5) is 0 Å². The minimum absolute atomic E-state index is 0.188. The van der Waals surface area contributed by atoms with E-state index in [1.54, 1.807) is 0 Å². The summed E-state index contributed by atoms with van der Waals surface area (Å²) in [6.45, 7) is 6.88. The molecule has 4 heteroatoms. The normalized spacial score (nSPS) is 25.0. The van der Waals surface area contributed by atoms with Crippen LogP contribution in [0.2, 0.25) is 0 Å². The van der Waals surface area contributed by atoms with E-state index < -0.39 is 0 Å². The molecular formula is C16H30N2O2. The molecule has 1 aliphatic carbocycles. The molecule has 1 atom stereocenters. The van der Waals surface area contributed by atoms with Gasteiger partial charge in [-0.05, 0) is 39.5 Å². The molecule has 4 nitrogen and oxygen atoms in total. The third kappa shape index (κ3) is 3.95. The van der Waals surface area contributed by atoms with Crippen molar-refractivity contribution in [1.82, 2.24) is 10.2 Å². The second-order valence-corrected chi connectivity index (χ2v) is 6.22. The maximum atomic E-state index is 11.9. The topological polar surface area (TPSA) is 41.6 Å². The molecule has 1 heterocycles. The van der Waals surface area contributed by atoms with Crippen LogP contribution >= 0.6 is 0 Å². The average Bonchev–Trinajstić information content (AvgIpc) is 2.84. The number of amides is 1. The lowest BCUT2D eigenvalue weighted by atomic mass is 9.83. The number of ether oxygens (including phenoxy) is 1. The summed E-state index contributed by atoms with van der Waals surface area (Å²) in [6, 6.07) is 0. The van der Waals surface area contributed by atoms with E-state index in [1.807, 2.05) is 18.7 Å². The Hall–Kier alpha value is -0.610. The largest absolute Gasteiger partial charge is 0.370 e. The molecule has 1 saturated carbocycles. The first-order valence-corrected chi connectivity index (χ1v) is 8.35. The van der Waals surface area contributed by atoms with Gasteiger partial charge < -0.3 is 15.0 Å². The van der Waals surface area contributed by atoms with E-state index in [0.29, 0.717) is 12.6 Å². The van der Waals surface area contributed by atoms with Crippen LogP contribution in [0.3, 0.4) is 0 Å². The number of rotatable bonds is 6. The molecule has 1 spiro atoms. The summed E-state index contributed by atoms with van der Waals surface area (Å²) >= 11 is 0. The molecule has 1 N–H and O–H groups in total. The predicted molar refractivity (Wildman–Crippen MR) is 80.7 cm³/mol. The van der Waals surface area contributed by atoms with Gasteiger partial charge in [0.1, 0.15) is 0 Å². The first kappa shape index (κ1) is 15.8. The van der Waals surface area contributed by atoms with Crippen molar-refractivity contribution in [1.29, 1.82) is 0 Å². The van der Waals surface area contributed by atoms with E-state index in [-0.39, 0.29) is 11.5 Å². The molecule has 116 valence electrons. The maximum Gasteiger partial charge on any atom is 0.236 e. The highest BCUT2D eigenvalue weighted by Gasteiger charge is 2.40. The van der Waals surface area contributed by atoms with E-state index >= 15 is 0 Å². The highest BCUT2D eigenvalue weighted by Crippen LogP contribution is 2.41. The van der Waals surface area contributed by atoms with Crippen LogP contribution in [0.15, 0.2) is 0 Å². The van der Waals surface area contributed by atoms with Crippen LogP contribution in [-0.4, -0.2) is 48.7 Å². The van der Waals surface area contributed by atoms with E-state index in [2.05, 4.69) is 5.32 Å². The number of hydrogen-bond donors (Lipinski definition) is 1. The monoisotopic (exact) mass is 282 g/mol. The summed E-state index contributed by atoms with van der Waals surface area (Å²) in [5, 5.41) is 3.28. The van der Waals surface area contributed by atoms with Crippen molar-refractivity contribution in [2.24, 2.45) is 0 Å². The van der Waals surface area contributed by atoms with Crippen LogP contribution < -0.4 is 5.32 Å². The number of nitrogens with zero attached hydrogens (tertiary/aromatic N) is 1. The van der Waals surface area contributed by atoms with Crippen LogP contribution in [-0.2, 0) is 9.53 Å². The zero-order chi connectivity index (χ0) is 14.4. The summed E-state index contributed by atoms with van der Waals surface area (Å²) in [5.74, 6) is 0.195. The molecule has 0 bridgehead atoms. The standard InChI is InChI=1S/C16H30N2O2/c1-3-18(4-2)15(19)13-17-12-14-8-11-16(20-14)9-6-5-7-10-16/h14,17H,3-13H2,1-2H3. The van der Waals surface area contributed by atoms with Crippen molar-refractivity contribution in [2.45, 2.75) is 70.5 Å². The van der Waals surface area contributed by atoms with Crippen LogP contribution in [0.25, 0.3) is 0 Å². The van der Waals surface area contributed by atoms with Crippen molar-refractivity contribution in [3.8, 4) is 0 Å². The Morgan fingerprint density at radius 1 is 1.20 bits per heavy atom. The fourth-order valence-electron chi connectivity index (χ4n) is 3.63. The van der Waals surface area contributed by atoms with Gasteiger partial charge in [-0.3, -0.25) is 4.79 Å². The lowest BCUT2D eigenvalue weighted by Gasteiger charge is -2.33. The van der Waals surface area contributed by atoms with Gasteiger partial charge in [-0.15, -0.1) is 0 Å². The zero-order valence-electron chi connectivity index (χ0n) is 13.1. The molecule has 2 rings (SSSR count). The first-order chi connectivity index (χ1) is 9.69. The lowest BCUT2D eigenvalue weighted by Crippen LogP contribution is -2.41.